The van der Waals surface area contributed by atoms with Crippen molar-refractivity contribution in [1.82, 2.24) is 4.90 Å². The molecule has 0 heterocycles. The highest BCUT2D eigenvalue weighted by molar-refractivity contribution is 4.60. The second-order valence-electron chi connectivity index (χ2n) is 4.76. The molecule has 0 fully saturated rings. The van der Waals surface area contributed by atoms with Gasteiger partial charge in [-0.15, -0.1) is 0 Å². The Morgan fingerprint density at radius 2 is 1.20 bits per heavy atom. The van der Waals surface area contributed by atoms with Crippen LogP contribution in [0.2, 0.25) is 0 Å². The van der Waals surface area contributed by atoms with Crippen LogP contribution >= 0.6 is 0 Å². The Bertz CT molecular complexity index is 110. The van der Waals surface area contributed by atoms with E-state index in [1.165, 1.54) is 64.2 Å². The van der Waals surface area contributed by atoms with Crippen LogP contribution < -0.4 is 0 Å². The summed E-state index contributed by atoms with van der Waals surface area (Å²) in [6, 6.07) is 0. The zero-order chi connectivity index (χ0) is 11.4. The van der Waals surface area contributed by atoms with Crippen molar-refractivity contribution in [2.75, 3.05) is 14.1 Å². The quantitative estimate of drug-likeness (QED) is 0.451. The molecule has 0 atom stereocenters. The lowest BCUT2D eigenvalue weighted by Crippen LogP contribution is -2.06. The summed E-state index contributed by atoms with van der Waals surface area (Å²) in [5.74, 6) is 0. The standard InChI is InChI=1S/C14H30N/c1-4-5-6-7-8-9-10-11-12-13-14-15(2)3/h14H,4-13H2,1-3H3. The molecule has 0 aromatic rings. The number of nitrogens with zero attached hydrogens (tertiary/aromatic N) is 1. The monoisotopic (exact) mass is 212 g/mol. The molecule has 1 nitrogen and oxygen atoms in total. The summed E-state index contributed by atoms with van der Waals surface area (Å²) in [5.41, 5.74) is 0. The Morgan fingerprint density at radius 3 is 1.67 bits per heavy atom. The first-order chi connectivity index (χ1) is 7.27. The smallest absolute Gasteiger partial charge is 0.0245 e. The molecule has 0 aromatic heterocycles. The van der Waals surface area contributed by atoms with Crippen molar-refractivity contribution in [2.24, 2.45) is 0 Å². The minimum Gasteiger partial charge on any atom is -0.305 e. The molecule has 0 spiro atoms. The maximum atomic E-state index is 2.28. The Labute approximate surface area is 97.2 Å². The number of unbranched alkanes of at least 4 members (excludes halogenated alkanes) is 9. The van der Waals surface area contributed by atoms with E-state index >= 15 is 0 Å². The molecule has 0 unspecified atom stereocenters. The van der Waals surface area contributed by atoms with E-state index in [0.717, 1.165) is 0 Å². The van der Waals surface area contributed by atoms with Crippen LogP contribution in [0.3, 0.4) is 0 Å². The van der Waals surface area contributed by atoms with Crippen LogP contribution in [0.25, 0.3) is 0 Å². The summed E-state index contributed by atoms with van der Waals surface area (Å²) in [5, 5.41) is 0. The van der Waals surface area contributed by atoms with Gasteiger partial charge in [0.05, 0.1) is 0 Å². The molecular formula is C14H30N. The molecule has 0 aliphatic carbocycles. The average Bonchev–Trinajstić information content (AvgIpc) is 2.20. The summed E-state index contributed by atoms with van der Waals surface area (Å²) >= 11 is 0. The second-order valence-corrected chi connectivity index (χ2v) is 4.76. The van der Waals surface area contributed by atoms with Crippen LogP contribution in [0.4, 0.5) is 0 Å². The molecule has 0 rings (SSSR count). The molecule has 0 aliphatic heterocycles. The van der Waals surface area contributed by atoms with E-state index < -0.39 is 0 Å². The maximum Gasteiger partial charge on any atom is 0.0245 e. The van der Waals surface area contributed by atoms with Crippen molar-refractivity contribution in [3.8, 4) is 0 Å². The Morgan fingerprint density at radius 1 is 0.733 bits per heavy atom. The van der Waals surface area contributed by atoms with Gasteiger partial charge in [-0.3, -0.25) is 0 Å². The Hall–Kier alpha value is -0.0400. The third kappa shape index (κ3) is 14.0. The molecule has 0 N–H and O–H groups in total. The molecular weight excluding hydrogens is 182 g/mol. The highest BCUT2D eigenvalue weighted by Gasteiger charge is 1.93. The average molecular weight is 212 g/mol. The normalized spacial score (nSPS) is 11.2. The van der Waals surface area contributed by atoms with Crippen LogP contribution in [0.15, 0.2) is 0 Å². The van der Waals surface area contributed by atoms with Gasteiger partial charge in [-0.05, 0) is 20.5 Å². The van der Waals surface area contributed by atoms with Gasteiger partial charge in [0.1, 0.15) is 0 Å². The molecule has 0 saturated carbocycles. The van der Waals surface area contributed by atoms with E-state index in [1.54, 1.807) is 0 Å². The third-order valence-corrected chi connectivity index (χ3v) is 2.80. The fourth-order valence-electron chi connectivity index (χ4n) is 1.80. The fourth-order valence-corrected chi connectivity index (χ4v) is 1.80. The van der Waals surface area contributed by atoms with Crippen LogP contribution in [-0.2, 0) is 0 Å². The van der Waals surface area contributed by atoms with Gasteiger partial charge >= 0.3 is 0 Å². The van der Waals surface area contributed by atoms with Crippen molar-refractivity contribution in [1.29, 1.82) is 0 Å². The number of hydrogen-bond donors (Lipinski definition) is 0. The van der Waals surface area contributed by atoms with E-state index in [2.05, 4.69) is 32.5 Å². The fraction of sp³-hybridized carbons (Fsp3) is 0.929. The highest BCUT2D eigenvalue weighted by atomic mass is 15.0. The molecule has 15 heavy (non-hydrogen) atoms. The second kappa shape index (κ2) is 12.0. The van der Waals surface area contributed by atoms with E-state index in [9.17, 15) is 0 Å². The summed E-state index contributed by atoms with van der Waals surface area (Å²) in [7, 11) is 4.21. The largest absolute Gasteiger partial charge is 0.305 e. The van der Waals surface area contributed by atoms with Gasteiger partial charge in [-0.25, -0.2) is 0 Å². The molecule has 0 amide bonds. The van der Waals surface area contributed by atoms with E-state index in [-0.39, 0.29) is 0 Å². The SMILES string of the molecule is CCCCCCCCCCC[CH]N(C)C. The number of hydrogen-bond acceptors (Lipinski definition) is 1. The van der Waals surface area contributed by atoms with E-state index in [0.29, 0.717) is 0 Å². The van der Waals surface area contributed by atoms with Crippen molar-refractivity contribution >= 4 is 0 Å². The molecule has 1 heteroatoms. The third-order valence-electron chi connectivity index (χ3n) is 2.80. The Kier molecular flexibility index (Phi) is 12.0. The van der Waals surface area contributed by atoms with Gasteiger partial charge in [0, 0.05) is 6.54 Å². The van der Waals surface area contributed by atoms with Gasteiger partial charge in [0.15, 0.2) is 0 Å². The van der Waals surface area contributed by atoms with Crippen molar-refractivity contribution in [3.05, 3.63) is 6.54 Å². The van der Waals surface area contributed by atoms with Crippen LogP contribution in [0, 0.1) is 6.54 Å². The first kappa shape index (κ1) is 15.0. The van der Waals surface area contributed by atoms with E-state index in [4.69, 9.17) is 0 Å². The van der Waals surface area contributed by atoms with Crippen molar-refractivity contribution < 1.29 is 0 Å². The van der Waals surface area contributed by atoms with Crippen LogP contribution in [-0.4, -0.2) is 19.0 Å². The summed E-state index contributed by atoms with van der Waals surface area (Å²) in [6.07, 6.45) is 14.1. The van der Waals surface area contributed by atoms with Gasteiger partial charge < -0.3 is 4.90 Å². The molecule has 0 aromatic carbocycles. The summed E-state index contributed by atoms with van der Waals surface area (Å²) in [6.45, 7) is 4.56. The maximum absolute atomic E-state index is 2.28. The van der Waals surface area contributed by atoms with Gasteiger partial charge in [-0.1, -0.05) is 64.7 Å². The molecule has 91 valence electrons. The molecule has 0 aliphatic rings. The topological polar surface area (TPSA) is 3.24 Å². The minimum atomic E-state index is 1.25. The molecule has 1 radical (unpaired) electrons. The first-order valence-electron chi connectivity index (χ1n) is 6.77. The van der Waals surface area contributed by atoms with Crippen LogP contribution in [0.1, 0.15) is 71.1 Å². The highest BCUT2D eigenvalue weighted by Crippen LogP contribution is 2.11. The lowest BCUT2D eigenvalue weighted by Gasteiger charge is -2.07. The summed E-state index contributed by atoms with van der Waals surface area (Å²) in [4.78, 5) is 2.16. The molecule has 0 saturated heterocycles. The minimum absolute atomic E-state index is 1.25. The van der Waals surface area contributed by atoms with Gasteiger partial charge in [-0.2, -0.15) is 0 Å². The zero-order valence-electron chi connectivity index (χ0n) is 11.1. The lowest BCUT2D eigenvalue weighted by molar-refractivity contribution is 0.461. The molecule has 0 bridgehead atoms. The Balaban J connectivity index is 2.87. The van der Waals surface area contributed by atoms with Crippen molar-refractivity contribution in [3.63, 3.8) is 0 Å². The zero-order valence-corrected chi connectivity index (χ0v) is 11.1. The number of rotatable bonds is 11. The van der Waals surface area contributed by atoms with E-state index in [1.807, 2.05) is 0 Å². The van der Waals surface area contributed by atoms with Crippen molar-refractivity contribution in [2.45, 2.75) is 71.1 Å². The lowest BCUT2D eigenvalue weighted by atomic mass is 10.1. The predicted octanol–water partition coefficient (Wildman–Crippen LogP) is 4.63. The van der Waals surface area contributed by atoms with Gasteiger partial charge in [0.25, 0.3) is 0 Å². The van der Waals surface area contributed by atoms with Crippen LogP contribution in [0.5, 0.6) is 0 Å². The summed E-state index contributed by atoms with van der Waals surface area (Å²) < 4.78 is 0. The first-order valence-corrected chi connectivity index (χ1v) is 6.77. The van der Waals surface area contributed by atoms with Gasteiger partial charge in [0.2, 0.25) is 0 Å². The predicted molar refractivity (Wildman–Crippen MR) is 69.8 cm³/mol.